The first-order chi connectivity index (χ1) is 10.1. The fourth-order valence-corrected chi connectivity index (χ4v) is 1.69. The number of amides is 1. The molecule has 6 heteroatoms. The summed E-state index contributed by atoms with van der Waals surface area (Å²) in [6, 6.07) is 10.6. The van der Waals surface area contributed by atoms with Gasteiger partial charge in [-0.2, -0.15) is 5.10 Å². The van der Waals surface area contributed by atoms with Gasteiger partial charge in [0, 0.05) is 12.3 Å². The molecule has 0 bridgehead atoms. The van der Waals surface area contributed by atoms with Gasteiger partial charge in [-0.05, 0) is 25.1 Å². The number of benzene rings is 1. The van der Waals surface area contributed by atoms with E-state index < -0.39 is 0 Å². The summed E-state index contributed by atoms with van der Waals surface area (Å²) in [5, 5.41) is 6.49. The monoisotopic (exact) mass is 287 g/mol. The van der Waals surface area contributed by atoms with E-state index in [1.807, 2.05) is 31.2 Å². The third-order valence-corrected chi connectivity index (χ3v) is 2.79. The Balaban J connectivity index is 1.71. The molecule has 110 valence electrons. The molecule has 2 aromatic rings. The molecule has 0 aliphatic heterocycles. The van der Waals surface area contributed by atoms with Gasteiger partial charge in [-0.15, -0.1) is 0 Å². The second-order valence-electron chi connectivity index (χ2n) is 4.53. The Morgan fingerprint density at radius 1 is 1.29 bits per heavy atom. The number of hydrogen-bond acceptors (Lipinski definition) is 4. The van der Waals surface area contributed by atoms with Gasteiger partial charge in [-0.1, -0.05) is 17.7 Å². The molecular formula is C15H17N3O3. The Morgan fingerprint density at radius 2 is 2.05 bits per heavy atom. The Morgan fingerprint density at radius 3 is 2.76 bits per heavy atom. The number of aromatic nitrogens is 2. The lowest BCUT2D eigenvalue weighted by molar-refractivity contribution is -0.122. The van der Waals surface area contributed by atoms with Gasteiger partial charge < -0.3 is 10.1 Å². The zero-order valence-electron chi connectivity index (χ0n) is 11.8. The van der Waals surface area contributed by atoms with E-state index in [1.165, 1.54) is 18.3 Å². The van der Waals surface area contributed by atoms with E-state index >= 15 is 0 Å². The van der Waals surface area contributed by atoms with Crippen LogP contribution in [0.3, 0.4) is 0 Å². The van der Waals surface area contributed by atoms with E-state index in [0.29, 0.717) is 13.2 Å². The van der Waals surface area contributed by atoms with Crippen molar-refractivity contribution in [2.24, 2.45) is 0 Å². The summed E-state index contributed by atoms with van der Waals surface area (Å²) in [6.07, 6.45) is 1.47. The van der Waals surface area contributed by atoms with E-state index in [2.05, 4.69) is 10.4 Å². The van der Waals surface area contributed by atoms with Crippen LogP contribution < -0.4 is 15.6 Å². The van der Waals surface area contributed by atoms with Gasteiger partial charge in [0.15, 0.2) is 0 Å². The topological polar surface area (TPSA) is 73.2 Å². The molecule has 0 unspecified atom stereocenters. The second-order valence-corrected chi connectivity index (χ2v) is 4.53. The highest BCUT2D eigenvalue weighted by molar-refractivity contribution is 5.75. The fourth-order valence-electron chi connectivity index (χ4n) is 1.69. The maximum absolute atomic E-state index is 11.7. The van der Waals surface area contributed by atoms with E-state index in [4.69, 9.17) is 4.74 Å². The largest absolute Gasteiger partial charge is 0.492 e. The molecule has 1 amide bonds. The van der Waals surface area contributed by atoms with Crippen LogP contribution >= 0.6 is 0 Å². The van der Waals surface area contributed by atoms with Gasteiger partial charge in [0.2, 0.25) is 5.91 Å². The molecule has 0 fully saturated rings. The second kappa shape index (κ2) is 7.23. The average molecular weight is 287 g/mol. The SMILES string of the molecule is Cc1ccc(OCCNC(=O)Cn2ncccc2=O)cc1. The Hall–Kier alpha value is -2.63. The number of aryl methyl sites for hydroxylation is 1. The number of ether oxygens (including phenoxy) is 1. The fraction of sp³-hybridized carbons (Fsp3) is 0.267. The van der Waals surface area contributed by atoms with Crippen molar-refractivity contribution in [3.05, 3.63) is 58.5 Å². The molecule has 0 aliphatic rings. The number of nitrogens with zero attached hydrogens (tertiary/aromatic N) is 2. The van der Waals surface area contributed by atoms with Gasteiger partial charge >= 0.3 is 0 Å². The summed E-state index contributed by atoms with van der Waals surface area (Å²) in [5.41, 5.74) is 0.861. The molecular weight excluding hydrogens is 270 g/mol. The molecule has 6 nitrogen and oxygen atoms in total. The van der Waals surface area contributed by atoms with Crippen LogP contribution in [-0.2, 0) is 11.3 Å². The summed E-state index contributed by atoms with van der Waals surface area (Å²) >= 11 is 0. The highest BCUT2D eigenvalue weighted by atomic mass is 16.5. The van der Waals surface area contributed by atoms with Crippen molar-refractivity contribution < 1.29 is 9.53 Å². The van der Waals surface area contributed by atoms with Crippen LogP contribution in [0.5, 0.6) is 5.75 Å². The van der Waals surface area contributed by atoms with Crippen LogP contribution in [0.4, 0.5) is 0 Å². The van der Waals surface area contributed by atoms with Crippen LogP contribution in [0, 0.1) is 6.92 Å². The van der Waals surface area contributed by atoms with Gasteiger partial charge in [-0.25, -0.2) is 4.68 Å². The molecule has 1 aromatic heterocycles. The predicted octanol–water partition coefficient (Wildman–Crippen LogP) is 0.747. The van der Waals surface area contributed by atoms with Crippen molar-refractivity contribution in [3.63, 3.8) is 0 Å². The lowest BCUT2D eigenvalue weighted by Gasteiger charge is -2.08. The number of nitrogens with one attached hydrogen (secondary N) is 1. The van der Waals surface area contributed by atoms with Crippen molar-refractivity contribution in [2.45, 2.75) is 13.5 Å². The van der Waals surface area contributed by atoms with Gasteiger partial charge in [0.25, 0.3) is 5.56 Å². The van der Waals surface area contributed by atoms with Gasteiger partial charge in [0.1, 0.15) is 18.9 Å². The molecule has 1 aromatic carbocycles. The first-order valence-corrected chi connectivity index (χ1v) is 6.63. The van der Waals surface area contributed by atoms with Crippen LogP contribution in [-0.4, -0.2) is 28.8 Å². The quantitative estimate of drug-likeness (QED) is 0.796. The maximum Gasteiger partial charge on any atom is 0.267 e. The normalized spacial score (nSPS) is 10.1. The molecule has 0 radical (unpaired) electrons. The Labute approximate surface area is 122 Å². The molecule has 2 rings (SSSR count). The van der Waals surface area contributed by atoms with Crippen LogP contribution in [0.2, 0.25) is 0 Å². The van der Waals surface area contributed by atoms with Crippen molar-refractivity contribution >= 4 is 5.91 Å². The minimum atomic E-state index is -0.302. The highest BCUT2D eigenvalue weighted by Gasteiger charge is 2.04. The molecule has 1 heterocycles. The lowest BCUT2D eigenvalue weighted by Crippen LogP contribution is -2.35. The van der Waals surface area contributed by atoms with Gasteiger partial charge in [0.05, 0.1) is 6.54 Å². The van der Waals surface area contributed by atoms with E-state index in [1.54, 1.807) is 0 Å². The van der Waals surface area contributed by atoms with Crippen LogP contribution in [0.15, 0.2) is 47.4 Å². The third-order valence-electron chi connectivity index (χ3n) is 2.79. The first kappa shape index (κ1) is 14.8. The van der Waals surface area contributed by atoms with Crippen molar-refractivity contribution in [2.75, 3.05) is 13.2 Å². The molecule has 0 saturated heterocycles. The van der Waals surface area contributed by atoms with Crippen molar-refractivity contribution in [1.29, 1.82) is 0 Å². The molecule has 0 spiro atoms. The van der Waals surface area contributed by atoms with Crippen molar-refractivity contribution in [3.8, 4) is 5.75 Å². The lowest BCUT2D eigenvalue weighted by atomic mass is 10.2. The molecule has 0 atom stereocenters. The van der Waals surface area contributed by atoms with Crippen LogP contribution in [0.25, 0.3) is 0 Å². The molecule has 0 aliphatic carbocycles. The zero-order chi connectivity index (χ0) is 15.1. The molecule has 0 saturated carbocycles. The number of rotatable bonds is 6. The van der Waals surface area contributed by atoms with E-state index in [9.17, 15) is 9.59 Å². The predicted molar refractivity (Wildman–Crippen MR) is 78.2 cm³/mol. The smallest absolute Gasteiger partial charge is 0.267 e. The number of carbonyl (C=O) groups excluding carboxylic acids is 1. The summed E-state index contributed by atoms with van der Waals surface area (Å²) in [5.74, 6) is 0.485. The average Bonchev–Trinajstić information content (AvgIpc) is 2.48. The zero-order valence-corrected chi connectivity index (χ0v) is 11.8. The molecule has 21 heavy (non-hydrogen) atoms. The minimum Gasteiger partial charge on any atom is -0.492 e. The summed E-state index contributed by atoms with van der Waals surface area (Å²) in [6.45, 7) is 2.65. The Kier molecular flexibility index (Phi) is 5.09. The van der Waals surface area contributed by atoms with Crippen molar-refractivity contribution in [1.82, 2.24) is 15.1 Å². The van der Waals surface area contributed by atoms with Crippen LogP contribution in [0.1, 0.15) is 5.56 Å². The number of hydrogen-bond donors (Lipinski definition) is 1. The minimum absolute atomic E-state index is 0.0931. The maximum atomic E-state index is 11.7. The molecule has 1 N–H and O–H groups in total. The van der Waals surface area contributed by atoms with E-state index in [0.717, 1.165) is 16.0 Å². The van der Waals surface area contributed by atoms with Gasteiger partial charge in [-0.3, -0.25) is 9.59 Å². The number of carbonyl (C=O) groups is 1. The highest BCUT2D eigenvalue weighted by Crippen LogP contribution is 2.10. The summed E-state index contributed by atoms with van der Waals surface area (Å²) in [7, 11) is 0. The standard InChI is InChI=1S/C15H17N3O3/c1-12-4-6-13(7-5-12)21-10-9-16-14(19)11-18-15(20)3-2-8-17-18/h2-8H,9-11H2,1H3,(H,16,19). The summed E-state index contributed by atoms with van der Waals surface area (Å²) < 4.78 is 6.59. The Bertz CT molecular complexity index is 650. The summed E-state index contributed by atoms with van der Waals surface area (Å²) in [4.78, 5) is 23.0. The third kappa shape index (κ3) is 4.76. The van der Waals surface area contributed by atoms with E-state index in [-0.39, 0.29) is 18.0 Å². The first-order valence-electron chi connectivity index (χ1n) is 6.63.